The molecular weight excluding hydrogens is 264 g/mol. The predicted octanol–water partition coefficient (Wildman–Crippen LogP) is 6.32. The van der Waals surface area contributed by atoms with Crippen LogP contribution >= 0.6 is 0 Å². The summed E-state index contributed by atoms with van der Waals surface area (Å²) < 4.78 is 0. The Labute approximate surface area is 133 Å². The van der Waals surface area contributed by atoms with Gasteiger partial charge in [0.15, 0.2) is 0 Å². The maximum Gasteiger partial charge on any atom is -0.00680 e. The Morgan fingerprint density at radius 2 is 1.09 bits per heavy atom. The van der Waals surface area contributed by atoms with Gasteiger partial charge in [-0.15, -0.1) is 0 Å². The first-order valence-electron chi connectivity index (χ1n) is 7.82. The molecule has 0 radical (unpaired) electrons. The van der Waals surface area contributed by atoms with Gasteiger partial charge in [-0.2, -0.15) is 0 Å². The second-order valence-corrected chi connectivity index (χ2v) is 6.71. The molecule has 0 N–H and O–H groups in total. The van der Waals surface area contributed by atoms with Crippen molar-refractivity contribution in [2.45, 2.75) is 26.2 Å². The van der Waals surface area contributed by atoms with Crippen LogP contribution in [-0.4, -0.2) is 0 Å². The summed E-state index contributed by atoms with van der Waals surface area (Å²) in [7, 11) is 0. The minimum atomic E-state index is 0.107. The molecule has 0 saturated heterocycles. The quantitative estimate of drug-likeness (QED) is 0.517. The van der Waals surface area contributed by atoms with E-state index < -0.39 is 0 Å². The molecule has 0 bridgehead atoms. The van der Waals surface area contributed by atoms with E-state index in [0.29, 0.717) is 0 Å². The highest BCUT2D eigenvalue weighted by molar-refractivity contribution is 5.86. The minimum absolute atomic E-state index is 0.107. The van der Waals surface area contributed by atoms with Crippen LogP contribution < -0.4 is 0 Å². The van der Waals surface area contributed by atoms with Crippen molar-refractivity contribution in [3.63, 3.8) is 0 Å². The Kier molecular flexibility index (Phi) is 3.85. The minimum Gasteiger partial charge on any atom is -0.0622 e. The molecule has 0 atom stereocenters. The van der Waals surface area contributed by atoms with Crippen molar-refractivity contribution in [2.24, 2.45) is 0 Å². The molecule has 3 aromatic carbocycles. The Hall–Kier alpha value is -2.34. The summed E-state index contributed by atoms with van der Waals surface area (Å²) in [4.78, 5) is 0. The van der Waals surface area contributed by atoms with Crippen LogP contribution in [0.3, 0.4) is 0 Å². The average Bonchev–Trinajstić information content (AvgIpc) is 2.55. The molecule has 0 nitrogen and oxygen atoms in total. The lowest BCUT2D eigenvalue weighted by Crippen LogP contribution is -2.13. The van der Waals surface area contributed by atoms with Crippen molar-refractivity contribution < 1.29 is 0 Å². The van der Waals surface area contributed by atoms with Gasteiger partial charge in [0.25, 0.3) is 0 Å². The van der Waals surface area contributed by atoms with E-state index in [1.165, 1.54) is 27.8 Å². The summed E-state index contributed by atoms with van der Waals surface area (Å²) in [6, 6.07) is 28.0. The molecule has 3 aromatic rings. The Morgan fingerprint density at radius 1 is 0.545 bits per heavy atom. The normalized spacial score (nSPS) is 11.4. The third-order valence-electron chi connectivity index (χ3n) is 4.02. The Morgan fingerprint density at radius 3 is 1.64 bits per heavy atom. The van der Waals surface area contributed by atoms with Crippen LogP contribution in [0.15, 0.2) is 78.9 Å². The Balaban J connectivity index is 2.32. The van der Waals surface area contributed by atoms with Crippen LogP contribution in [0.5, 0.6) is 0 Å². The van der Waals surface area contributed by atoms with Gasteiger partial charge in [-0.25, -0.2) is 0 Å². The summed E-state index contributed by atoms with van der Waals surface area (Å²) in [5.74, 6) is 0. The molecule has 0 spiro atoms. The third kappa shape index (κ3) is 2.82. The van der Waals surface area contributed by atoms with Crippen molar-refractivity contribution in [1.82, 2.24) is 0 Å². The van der Waals surface area contributed by atoms with E-state index in [0.717, 1.165) is 0 Å². The molecule has 110 valence electrons. The molecule has 3 rings (SSSR count). The number of rotatable bonds is 2. The van der Waals surface area contributed by atoms with E-state index in [1.54, 1.807) is 0 Å². The zero-order chi connectivity index (χ0) is 15.6. The Bertz CT molecular complexity index is 747. The molecule has 0 fully saturated rings. The van der Waals surface area contributed by atoms with Crippen LogP contribution in [0.1, 0.15) is 26.3 Å². The van der Waals surface area contributed by atoms with Crippen LogP contribution in [0.4, 0.5) is 0 Å². The summed E-state index contributed by atoms with van der Waals surface area (Å²) in [5, 5.41) is 0. The predicted molar refractivity (Wildman–Crippen MR) is 96.0 cm³/mol. The lowest BCUT2D eigenvalue weighted by molar-refractivity contribution is 0.592. The van der Waals surface area contributed by atoms with Gasteiger partial charge in [0.2, 0.25) is 0 Å². The fourth-order valence-corrected chi connectivity index (χ4v) is 2.95. The van der Waals surface area contributed by atoms with Crippen LogP contribution in [0.2, 0.25) is 0 Å². The number of hydrogen-bond acceptors (Lipinski definition) is 0. The van der Waals surface area contributed by atoms with Crippen LogP contribution in [-0.2, 0) is 5.41 Å². The van der Waals surface area contributed by atoms with E-state index in [1.807, 2.05) is 0 Å². The molecule has 0 heteroatoms. The smallest absolute Gasteiger partial charge is 0.00680 e. The van der Waals surface area contributed by atoms with E-state index in [4.69, 9.17) is 0 Å². The lowest BCUT2D eigenvalue weighted by atomic mass is 9.79. The first kappa shape index (κ1) is 14.6. The summed E-state index contributed by atoms with van der Waals surface area (Å²) in [5.41, 5.74) is 6.70. The standard InChI is InChI=1S/C22H22/c1-22(2,3)20-16-10-15-19(17-11-6-4-7-12-17)21(20)18-13-8-5-9-14-18/h4-16H,1-3H3. The zero-order valence-electron chi connectivity index (χ0n) is 13.5. The first-order valence-corrected chi connectivity index (χ1v) is 7.82. The van der Waals surface area contributed by atoms with Crippen molar-refractivity contribution in [2.75, 3.05) is 0 Å². The van der Waals surface area contributed by atoms with Crippen LogP contribution in [0.25, 0.3) is 22.3 Å². The zero-order valence-corrected chi connectivity index (χ0v) is 13.5. The largest absolute Gasteiger partial charge is 0.0622 e. The van der Waals surface area contributed by atoms with E-state index >= 15 is 0 Å². The van der Waals surface area contributed by atoms with E-state index in [9.17, 15) is 0 Å². The maximum absolute atomic E-state index is 2.28. The van der Waals surface area contributed by atoms with Gasteiger partial charge >= 0.3 is 0 Å². The SMILES string of the molecule is CC(C)(C)c1cccc(-c2ccccc2)c1-c1ccccc1. The van der Waals surface area contributed by atoms with Gasteiger partial charge in [0.05, 0.1) is 0 Å². The van der Waals surface area contributed by atoms with Crippen molar-refractivity contribution in [3.05, 3.63) is 84.4 Å². The van der Waals surface area contributed by atoms with Gasteiger partial charge in [-0.1, -0.05) is 99.6 Å². The van der Waals surface area contributed by atoms with E-state index in [2.05, 4.69) is 99.6 Å². The van der Waals surface area contributed by atoms with Gasteiger partial charge < -0.3 is 0 Å². The summed E-state index contributed by atoms with van der Waals surface area (Å²) >= 11 is 0. The fourth-order valence-electron chi connectivity index (χ4n) is 2.95. The molecule has 0 aliphatic heterocycles. The average molecular weight is 286 g/mol. The third-order valence-corrected chi connectivity index (χ3v) is 4.02. The lowest BCUT2D eigenvalue weighted by Gasteiger charge is -2.25. The van der Waals surface area contributed by atoms with Crippen molar-refractivity contribution in [3.8, 4) is 22.3 Å². The fraction of sp³-hybridized carbons (Fsp3) is 0.182. The molecule has 0 aliphatic rings. The maximum atomic E-state index is 2.28. The second kappa shape index (κ2) is 5.81. The topological polar surface area (TPSA) is 0 Å². The van der Waals surface area contributed by atoms with Gasteiger partial charge in [-0.3, -0.25) is 0 Å². The molecule has 0 heterocycles. The summed E-state index contributed by atoms with van der Waals surface area (Å²) in [6.07, 6.45) is 0. The molecule has 0 saturated carbocycles. The molecule has 22 heavy (non-hydrogen) atoms. The van der Waals surface area contributed by atoms with Gasteiger partial charge in [-0.05, 0) is 33.2 Å². The van der Waals surface area contributed by atoms with Gasteiger partial charge in [0.1, 0.15) is 0 Å². The molecule has 0 amide bonds. The molecule has 0 aliphatic carbocycles. The molecule has 0 unspecified atom stereocenters. The second-order valence-electron chi connectivity index (χ2n) is 6.71. The number of benzene rings is 3. The highest BCUT2D eigenvalue weighted by Crippen LogP contribution is 2.39. The van der Waals surface area contributed by atoms with Crippen LogP contribution in [0, 0.1) is 0 Å². The highest BCUT2D eigenvalue weighted by Gasteiger charge is 2.21. The van der Waals surface area contributed by atoms with E-state index in [-0.39, 0.29) is 5.41 Å². The van der Waals surface area contributed by atoms with Gasteiger partial charge in [0, 0.05) is 0 Å². The highest BCUT2D eigenvalue weighted by atomic mass is 14.2. The molecule has 0 aromatic heterocycles. The summed E-state index contributed by atoms with van der Waals surface area (Å²) in [6.45, 7) is 6.84. The monoisotopic (exact) mass is 286 g/mol. The van der Waals surface area contributed by atoms with Crippen molar-refractivity contribution in [1.29, 1.82) is 0 Å². The molecular formula is C22H22. The van der Waals surface area contributed by atoms with Crippen molar-refractivity contribution >= 4 is 0 Å². The number of hydrogen-bond donors (Lipinski definition) is 0. The first-order chi connectivity index (χ1) is 10.6.